The highest BCUT2D eigenvalue weighted by Gasteiger charge is 2.15. The SMILES string of the molecule is Cc1c(Oc2nc(Cl)cs2)cccc1[N+](=O)[O-]. The molecule has 2 rings (SSSR count). The number of nitro benzene ring substituents is 1. The van der Waals surface area contributed by atoms with E-state index in [9.17, 15) is 10.1 Å². The van der Waals surface area contributed by atoms with E-state index in [1.54, 1.807) is 24.4 Å². The van der Waals surface area contributed by atoms with E-state index >= 15 is 0 Å². The summed E-state index contributed by atoms with van der Waals surface area (Å²) in [6.07, 6.45) is 0. The number of halogens is 1. The smallest absolute Gasteiger partial charge is 0.280 e. The fourth-order valence-electron chi connectivity index (χ4n) is 1.29. The number of hydrogen-bond acceptors (Lipinski definition) is 5. The molecular weight excluding hydrogens is 264 g/mol. The second kappa shape index (κ2) is 4.68. The van der Waals surface area contributed by atoms with Gasteiger partial charge in [-0.25, -0.2) is 0 Å². The van der Waals surface area contributed by atoms with E-state index in [4.69, 9.17) is 16.3 Å². The molecule has 0 unspecified atom stereocenters. The summed E-state index contributed by atoms with van der Waals surface area (Å²) in [7, 11) is 0. The van der Waals surface area contributed by atoms with Crippen LogP contribution in [0.15, 0.2) is 23.6 Å². The largest absolute Gasteiger partial charge is 0.430 e. The van der Waals surface area contributed by atoms with Gasteiger partial charge in [-0.3, -0.25) is 10.1 Å². The van der Waals surface area contributed by atoms with Crippen LogP contribution < -0.4 is 4.74 Å². The third kappa shape index (κ3) is 2.54. The van der Waals surface area contributed by atoms with E-state index in [0.29, 0.717) is 21.7 Å². The van der Waals surface area contributed by atoms with Crippen LogP contribution in [0.2, 0.25) is 5.15 Å². The molecule has 0 saturated carbocycles. The molecule has 0 spiro atoms. The van der Waals surface area contributed by atoms with Crippen LogP contribution in [0.5, 0.6) is 10.9 Å². The molecule has 0 N–H and O–H groups in total. The van der Waals surface area contributed by atoms with Crippen LogP contribution in [0, 0.1) is 17.0 Å². The Morgan fingerprint density at radius 2 is 2.29 bits per heavy atom. The number of benzene rings is 1. The van der Waals surface area contributed by atoms with E-state index in [0.717, 1.165) is 0 Å². The maximum atomic E-state index is 10.7. The zero-order valence-corrected chi connectivity index (χ0v) is 10.3. The molecule has 0 radical (unpaired) electrons. The Hall–Kier alpha value is -1.66. The molecule has 7 heteroatoms. The van der Waals surface area contributed by atoms with Crippen LogP contribution in [-0.2, 0) is 0 Å². The Bertz CT molecular complexity index is 570. The summed E-state index contributed by atoms with van der Waals surface area (Å²) < 4.78 is 5.44. The van der Waals surface area contributed by atoms with Crippen molar-refractivity contribution in [2.45, 2.75) is 6.92 Å². The molecule has 0 aliphatic carbocycles. The van der Waals surface area contributed by atoms with Gasteiger partial charge in [0.1, 0.15) is 10.9 Å². The topological polar surface area (TPSA) is 65.3 Å². The first-order valence-corrected chi connectivity index (χ1v) is 5.86. The minimum absolute atomic E-state index is 0.0187. The molecule has 17 heavy (non-hydrogen) atoms. The summed E-state index contributed by atoms with van der Waals surface area (Å²) in [5.41, 5.74) is 0.481. The zero-order valence-electron chi connectivity index (χ0n) is 8.71. The monoisotopic (exact) mass is 270 g/mol. The number of nitro groups is 1. The number of nitrogens with zero attached hydrogens (tertiary/aromatic N) is 2. The summed E-state index contributed by atoms with van der Waals surface area (Å²) in [5.74, 6) is 0.408. The summed E-state index contributed by atoms with van der Waals surface area (Å²) in [6.45, 7) is 1.63. The molecule has 88 valence electrons. The lowest BCUT2D eigenvalue weighted by molar-refractivity contribution is -0.385. The zero-order chi connectivity index (χ0) is 12.4. The first-order valence-electron chi connectivity index (χ1n) is 4.61. The van der Waals surface area contributed by atoms with E-state index in [1.807, 2.05) is 0 Å². The fourth-order valence-corrected chi connectivity index (χ4v) is 2.09. The van der Waals surface area contributed by atoms with Gasteiger partial charge in [0.25, 0.3) is 10.9 Å². The van der Waals surface area contributed by atoms with Crippen molar-refractivity contribution in [1.29, 1.82) is 0 Å². The molecule has 0 aliphatic rings. The Balaban J connectivity index is 2.33. The number of thiazole rings is 1. The molecule has 1 aromatic carbocycles. The van der Waals surface area contributed by atoms with Gasteiger partial charge < -0.3 is 4.74 Å². The van der Waals surface area contributed by atoms with Crippen LogP contribution in [0.4, 0.5) is 5.69 Å². The van der Waals surface area contributed by atoms with Crippen LogP contribution in [0.3, 0.4) is 0 Å². The van der Waals surface area contributed by atoms with Gasteiger partial charge >= 0.3 is 0 Å². The van der Waals surface area contributed by atoms with Gasteiger partial charge in [0.15, 0.2) is 0 Å². The molecular formula is C10H7ClN2O3S. The van der Waals surface area contributed by atoms with Crippen LogP contribution >= 0.6 is 22.9 Å². The van der Waals surface area contributed by atoms with Crippen LogP contribution in [0.1, 0.15) is 5.56 Å². The van der Waals surface area contributed by atoms with E-state index in [2.05, 4.69) is 4.98 Å². The third-order valence-corrected chi connectivity index (χ3v) is 3.14. The fraction of sp³-hybridized carbons (Fsp3) is 0.100. The molecule has 1 aromatic heterocycles. The molecule has 2 aromatic rings. The molecule has 0 saturated heterocycles. The number of rotatable bonds is 3. The van der Waals surface area contributed by atoms with Gasteiger partial charge in [-0.15, -0.1) is 0 Å². The Kier molecular flexibility index (Phi) is 3.26. The Morgan fingerprint density at radius 1 is 1.53 bits per heavy atom. The number of aromatic nitrogens is 1. The van der Waals surface area contributed by atoms with Gasteiger partial charge in [-0.05, 0) is 13.0 Å². The second-order valence-corrected chi connectivity index (χ2v) is 4.40. The first kappa shape index (κ1) is 11.8. The van der Waals surface area contributed by atoms with Crippen LogP contribution in [-0.4, -0.2) is 9.91 Å². The maximum absolute atomic E-state index is 10.7. The van der Waals surface area contributed by atoms with E-state index < -0.39 is 4.92 Å². The Morgan fingerprint density at radius 3 is 2.88 bits per heavy atom. The summed E-state index contributed by atoms with van der Waals surface area (Å²) >= 11 is 6.89. The standard InChI is InChI=1S/C10H7ClN2O3S/c1-6-7(13(14)15)3-2-4-8(6)16-10-12-9(11)5-17-10/h2-5H,1H3. The highest BCUT2D eigenvalue weighted by molar-refractivity contribution is 7.11. The third-order valence-electron chi connectivity index (χ3n) is 2.10. The molecule has 0 bridgehead atoms. The second-order valence-electron chi connectivity index (χ2n) is 3.20. The van der Waals surface area contributed by atoms with Gasteiger partial charge in [0.05, 0.1) is 10.5 Å². The summed E-state index contributed by atoms with van der Waals surface area (Å²) in [5, 5.41) is 13.1. The van der Waals surface area contributed by atoms with Gasteiger partial charge in [0, 0.05) is 11.4 Å². The lowest BCUT2D eigenvalue weighted by Crippen LogP contribution is -1.94. The molecule has 1 heterocycles. The molecule has 0 fully saturated rings. The Labute approximate surface area is 106 Å². The molecule has 0 aliphatic heterocycles. The van der Waals surface area contributed by atoms with Crippen molar-refractivity contribution in [2.75, 3.05) is 0 Å². The summed E-state index contributed by atoms with van der Waals surface area (Å²) in [4.78, 5) is 14.2. The maximum Gasteiger partial charge on any atom is 0.280 e. The minimum Gasteiger partial charge on any atom is -0.430 e. The van der Waals surface area contributed by atoms with Crippen molar-refractivity contribution >= 4 is 28.6 Å². The predicted molar refractivity (Wildman–Crippen MR) is 65.0 cm³/mol. The average molecular weight is 271 g/mol. The van der Waals surface area contributed by atoms with E-state index in [-0.39, 0.29) is 5.69 Å². The predicted octanol–water partition coefficient (Wildman–Crippen LogP) is 3.81. The van der Waals surface area contributed by atoms with Crippen molar-refractivity contribution in [3.8, 4) is 10.9 Å². The van der Waals surface area contributed by atoms with Crippen molar-refractivity contribution in [1.82, 2.24) is 4.98 Å². The van der Waals surface area contributed by atoms with Crippen LogP contribution in [0.25, 0.3) is 0 Å². The molecule has 0 amide bonds. The molecule has 5 nitrogen and oxygen atoms in total. The first-order chi connectivity index (χ1) is 8.08. The number of ether oxygens (including phenoxy) is 1. The van der Waals surface area contributed by atoms with Gasteiger partial charge in [-0.1, -0.05) is 29.0 Å². The summed E-state index contributed by atoms with van der Waals surface area (Å²) in [6, 6.07) is 4.64. The lowest BCUT2D eigenvalue weighted by Gasteiger charge is -2.05. The quantitative estimate of drug-likeness (QED) is 0.628. The minimum atomic E-state index is -0.447. The normalized spacial score (nSPS) is 10.2. The van der Waals surface area contributed by atoms with Crippen molar-refractivity contribution in [3.05, 3.63) is 44.4 Å². The van der Waals surface area contributed by atoms with Crippen molar-refractivity contribution in [3.63, 3.8) is 0 Å². The average Bonchev–Trinajstić information content (AvgIpc) is 2.67. The number of hydrogen-bond donors (Lipinski definition) is 0. The highest BCUT2D eigenvalue weighted by atomic mass is 35.5. The van der Waals surface area contributed by atoms with Crippen molar-refractivity contribution in [2.24, 2.45) is 0 Å². The molecule has 0 atom stereocenters. The van der Waals surface area contributed by atoms with Gasteiger partial charge in [-0.2, -0.15) is 4.98 Å². The van der Waals surface area contributed by atoms with Crippen molar-refractivity contribution < 1.29 is 9.66 Å². The highest BCUT2D eigenvalue weighted by Crippen LogP contribution is 2.32. The van der Waals surface area contributed by atoms with E-state index in [1.165, 1.54) is 17.4 Å². The van der Waals surface area contributed by atoms with Gasteiger partial charge in [0.2, 0.25) is 0 Å². The lowest BCUT2D eigenvalue weighted by atomic mass is 10.2.